The number of piperidine rings is 1. The number of hydrogen-bond acceptors (Lipinski definition) is 5. The van der Waals surface area contributed by atoms with E-state index in [0.717, 1.165) is 67.9 Å². The highest BCUT2D eigenvalue weighted by atomic mass is 16.3. The highest BCUT2D eigenvalue weighted by Gasteiger charge is 2.44. The molecular formula is C26H29N5O3. The van der Waals surface area contributed by atoms with Crippen molar-refractivity contribution in [1.29, 1.82) is 0 Å². The molecule has 2 aliphatic heterocycles. The zero-order valence-corrected chi connectivity index (χ0v) is 19.1. The molecule has 8 nitrogen and oxygen atoms in total. The van der Waals surface area contributed by atoms with Crippen LogP contribution in [0.2, 0.25) is 0 Å². The number of aliphatic hydroxyl groups excluding tert-OH is 1. The van der Waals surface area contributed by atoms with Gasteiger partial charge < -0.3 is 25.2 Å². The number of carbonyl (C=O) groups excluding carboxylic acids is 2. The monoisotopic (exact) mass is 459 g/mol. The Bertz CT molecular complexity index is 1280. The van der Waals surface area contributed by atoms with E-state index in [1.54, 1.807) is 12.1 Å². The SMILES string of the molecule is O=C(CO)Nc1ccc(C(=O)Nc2cccc3c2nc2n3CCC2)c(N2CCC3(CC2)CC3)c1. The molecule has 176 valence electrons. The Morgan fingerprint density at radius 1 is 1.03 bits per heavy atom. The molecule has 8 heteroatoms. The average molecular weight is 460 g/mol. The minimum Gasteiger partial charge on any atom is -0.387 e. The average Bonchev–Trinajstić information content (AvgIpc) is 3.27. The molecule has 1 saturated carbocycles. The first-order valence-electron chi connectivity index (χ1n) is 12.1. The third-order valence-corrected chi connectivity index (χ3v) is 7.68. The molecule has 6 rings (SSSR count). The summed E-state index contributed by atoms with van der Waals surface area (Å²) in [5, 5.41) is 14.9. The predicted molar refractivity (Wildman–Crippen MR) is 131 cm³/mol. The maximum absolute atomic E-state index is 13.5. The van der Waals surface area contributed by atoms with E-state index in [2.05, 4.69) is 26.2 Å². The van der Waals surface area contributed by atoms with Crippen molar-refractivity contribution in [3.8, 4) is 0 Å². The fourth-order valence-corrected chi connectivity index (χ4v) is 5.48. The molecule has 1 spiro atoms. The Morgan fingerprint density at radius 2 is 1.85 bits per heavy atom. The van der Waals surface area contributed by atoms with Crippen molar-refractivity contribution < 1.29 is 14.7 Å². The van der Waals surface area contributed by atoms with Crippen LogP contribution >= 0.6 is 0 Å². The van der Waals surface area contributed by atoms with Gasteiger partial charge in [-0.15, -0.1) is 0 Å². The van der Waals surface area contributed by atoms with Gasteiger partial charge in [-0.1, -0.05) is 6.07 Å². The van der Waals surface area contributed by atoms with Crippen LogP contribution in [-0.2, 0) is 17.8 Å². The number of aliphatic hydroxyl groups is 1. The van der Waals surface area contributed by atoms with E-state index >= 15 is 0 Å². The Balaban J connectivity index is 1.31. The topological polar surface area (TPSA) is 99.5 Å². The largest absolute Gasteiger partial charge is 0.387 e. The minimum absolute atomic E-state index is 0.192. The summed E-state index contributed by atoms with van der Waals surface area (Å²) in [7, 11) is 0. The van der Waals surface area contributed by atoms with Crippen molar-refractivity contribution in [1.82, 2.24) is 9.55 Å². The Labute approximate surface area is 198 Å². The maximum atomic E-state index is 13.5. The molecule has 0 atom stereocenters. The van der Waals surface area contributed by atoms with E-state index in [9.17, 15) is 9.59 Å². The van der Waals surface area contributed by atoms with E-state index in [1.807, 2.05) is 18.2 Å². The number of amides is 2. The predicted octanol–water partition coefficient (Wildman–Crippen LogP) is 3.55. The highest BCUT2D eigenvalue weighted by Crippen LogP contribution is 2.54. The summed E-state index contributed by atoms with van der Waals surface area (Å²) >= 11 is 0. The van der Waals surface area contributed by atoms with Gasteiger partial charge in [0.15, 0.2) is 0 Å². The Morgan fingerprint density at radius 3 is 2.62 bits per heavy atom. The molecule has 0 unspecified atom stereocenters. The molecule has 1 aromatic heterocycles. The molecule has 2 fully saturated rings. The van der Waals surface area contributed by atoms with E-state index in [-0.39, 0.29) is 5.91 Å². The second-order valence-corrected chi connectivity index (χ2v) is 9.84. The van der Waals surface area contributed by atoms with Crippen molar-refractivity contribution in [2.24, 2.45) is 5.41 Å². The zero-order chi connectivity index (χ0) is 23.3. The molecule has 3 aromatic rings. The van der Waals surface area contributed by atoms with Gasteiger partial charge in [0, 0.05) is 31.7 Å². The number of aromatic nitrogens is 2. The second-order valence-electron chi connectivity index (χ2n) is 9.84. The fraction of sp³-hybridized carbons (Fsp3) is 0.423. The lowest BCUT2D eigenvalue weighted by Gasteiger charge is -2.35. The molecule has 2 aromatic carbocycles. The molecule has 1 aliphatic carbocycles. The van der Waals surface area contributed by atoms with Gasteiger partial charge in [-0.3, -0.25) is 9.59 Å². The van der Waals surface area contributed by atoms with E-state index in [4.69, 9.17) is 10.1 Å². The molecule has 0 bridgehead atoms. The third kappa shape index (κ3) is 3.72. The van der Waals surface area contributed by atoms with Gasteiger partial charge in [0.25, 0.3) is 5.91 Å². The molecule has 3 heterocycles. The summed E-state index contributed by atoms with van der Waals surface area (Å²) in [6.07, 6.45) is 6.93. The van der Waals surface area contributed by atoms with Crippen LogP contribution in [0.4, 0.5) is 17.1 Å². The van der Waals surface area contributed by atoms with E-state index < -0.39 is 12.5 Å². The zero-order valence-electron chi connectivity index (χ0n) is 19.1. The summed E-state index contributed by atoms with van der Waals surface area (Å²) in [6.45, 7) is 2.16. The number of nitrogens with one attached hydrogen (secondary N) is 2. The molecule has 1 saturated heterocycles. The van der Waals surface area contributed by atoms with Crippen molar-refractivity contribution in [3.05, 3.63) is 47.8 Å². The van der Waals surface area contributed by atoms with Gasteiger partial charge in [-0.25, -0.2) is 4.98 Å². The van der Waals surface area contributed by atoms with Crippen LogP contribution in [0, 0.1) is 5.41 Å². The molecular weight excluding hydrogens is 430 g/mol. The van der Waals surface area contributed by atoms with Gasteiger partial charge in [-0.05, 0) is 67.9 Å². The molecule has 3 N–H and O–H groups in total. The van der Waals surface area contributed by atoms with Crippen LogP contribution in [0.3, 0.4) is 0 Å². The summed E-state index contributed by atoms with van der Waals surface area (Å²) in [5.74, 6) is 0.407. The normalized spacial score (nSPS) is 18.2. The van der Waals surface area contributed by atoms with Gasteiger partial charge in [0.1, 0.15) is 17.9 Å². The maximum Gasteiger partial charge on any atom is 0.257 e. The summed E-state index contributed by atoms with van der Waals surface area (Å²) in [6, 6.07) is 11.2. The number of hydrogen-bond donors (Lipinski definition) is 3. The number of anilines is 3. The smallest absolute Gasteiger partial charge is 0.257 e. The number of rotatable bonds is 5. The van der Waals surface area contributed by atoms with Crippen molar-refractivity contribution in [3.63, 3.8) is 0 Å². The number of para-hydroxylation sites is 1. The lowest BCUT2D eigenvalue weighted by Crippen LogP contribution is -2.35. The van der Waals surface area contributed by atoms with Gasteiger partial charge in [-0.2, -0.15) is 0 Å². The van der Waals surface area contributed by atoms with Crippen LogP contribution in [0.25, 0.3) is 11.0 Å². The van der Waals surface area contributed by atoms with Gasteiger partial charge in [0.2, 0.25) is 5.91 Å². The lowest BCUT2D eigenvalue weighted by molar-refractivity contribution is -0.118. The van der Waals surface area contributed by atoms with Crippen LogP contribution < -0.4 is 15.5 Å². The number of carbonyl (C=O) groups is 2. The lowest BCUT2D eigenvalue weighted by atomic mass is 9.93. The van der Waals surface area contributed by atoms with Crippen LogP contribution in [0.5, 0.6) is 0 Å². The first-order chi connectivity index (χ1) is 16.5. The summed E-state index contributed by atoms with van der Waals surface area (Å²) < 4.78 is 2.23. The summed E-state index contributed by atoms with van der Waals surface area (Å²) in [5.41, 5.74) is 5.05. The van der Waals surface area contributed by atoms with E-state index in [1.165, 1.54) is 12.8 Å². The minimum atomic E-state index is -0.581. The number of fused-ring (bicyclic) bond motifs is 3. The fourth-order valence-electron chi connectivity index (χ4n) is 5.48. The molecule has 3 aliphatic rings. The highest BCUT2D eigenvalue weighted by molar-refractivity contribution is 6.11. The Kier molecular flexibility index (Phi) is 5.06. The number of imidazole rings is 1. The van der Waals surface area contributed by atoms with Gasteiger partial charge >= 0.3 is 0 Å². The molecule has 0 radical (unpaired) electrons. The third-order valence-electron chi connectivity index (χ3n) is 7.68. The van der Waals surface area contributed by atoms with Crippen molar-refractivity contribution in [2.75, 3.05) is 35.2 Å². The Hall–Kier alpha value is -3.39. The quantitative estimate of drug-likeness (QED) is 0.542. The second kappa shape index (κ2) is 8.13. The van der Waals surface area contributed by atoms with Gasteiger partial charge in [0.05, 0.1) is 22.5 Å². The summed E-state index contributed by atoms with van der Waals surface area (Å²) in [4.78, 5) is 32.3. The van der Waals surface area contributed by atoms with Crippen LogP contribution in [-0.4, -0.2) is 46.2 Å². The number of nitrogens with zero attached hydrogens (tertiary/aromatic N) is 3. The number of aryl methyl sites for hydroxylation is 2. The first-order valence-corrected chi connectivity index (χ1v) is 12.1. The van der Waals surface area contributed by atoms with Crippen molar-refractivity contribution >= 4 is 39.9 Å². The van der Waals surface area contributed by atoms with Crippen molar-refractivity contribution in [2.45, 2.75) is 45.1 Å². The van der Waals surface area contributed by atoms with E-state index in [0.29, 0.717) is 22.4 Å². The van der Waals surface area contributed by atoms with Crippen LogP contribution in [0.15, 0.2) is 36.4 Å². The standard InChI is InChI=1S/C26H29N5O3/c32-16-23(33)27-17-6-7-18(21(15-17)30-13-10-26(8-9-26)11-14-30)25(34)28-19-3-1-4-20-24(19)29-22-5-2-12-31(20)22/h1,3-4,6-7,15,32H,2,5,8-14,16H2,(H,27,33)(H,28,34). The molecule has 34 heavy (non-hydrogen) atoms. The first kappa shape index (κ1) is 21.2. The van der Waals surface area contributed by atoms with Crippen LogP contribution in [0.1, 0.15) is 48.3 Å². The number of benzene rings is 2. The molecule has 2 amide bonds.